The molecular weight excluding hydrogens is 204 g/mol. The fourth-order valence-electron chi connectivity index (χ4n) is 1.40. The predicted molar refractivity (Wildman–Crippen MR) is 66.3 cm³/mol. The Hall–Kier alpha value is -0.610. The number of amides is 1. The van der Waals surface area contributed by atoms with Gasteiger partial charge in [-0.1, -0.05) is 27.2 Å². The molecule has 0 rings (SSSR count). The van der Waals surface area contributed by atoms with Crippen molar-refractivity contribution in [3.8, 4) is 0 Å². The largest absolute Gasteiger partial charge is 0.391 e. The van der Waals surface area contributed by atoms with Gasteiger partial charge in [0.2, 0.25) is 5.91 Å². The van der Waals surface area contributed by atoms with Gasteiger partial charge < -0.3 is 15.7 Å². The molecule has 4 nitrogen and oxygen atoms in total. The molecule has 0 saturated heterocycles. The zero-order valence-corrected chi connectivity index (χ0v) is 10.8. The SMILES string of the molecule is CCCC(O)CNC(=O)CCCNC(C)C. The highest BCUT2D eigenvalue weighted by molar-refractivity contribution is 5.75. The molecule has 0 aromatic rings. The summed E-state index contributed by atoms with van der Waals surface area (Å²) in [5.41, 5.74) is 0. The van der Waals surface area contributed by atoms with Gasteiger partial charge in [-0.3, -0.25) is 4.79 Å². The van der Waals surface area contributed by atoms with Crippen LogP contribution in [0.2, 0.25) is 0 Å². The first-order valence-corrected chi connectivity index (χ1v) is 6.24. The van der Waals surface area contributed by atoms with Crippen LogP contribution in [0.1, 0.15) is 46.5 Å². The van der Waals surface area contributed by atoms with Crippen LogP contribution in [0.15, 0.2) is 0 Å². The maximum atomic E-state index is 11.3. The monoisotopic (exact) mass is 230 g/mol. The van der Waals surface area contributed by atoms with Crippen molar-refractivity contribution >= 4 is 5.91 Å². The summed E-state index contributed by atoms with van der Waals surface area (Å²) in [5, 5.41) is 15.4. The molecule has 0 aromatic heterocycles. The lowest BCUT2D eigenvalue weighted by molar-refractivity contribution is -0.121. The van der Waals surface area contributed by atoms with Crippen molar-refractivity contribution in [1.29, 1.82) is 0 Å². The fourth-order valence-corrected chi connectivity index (χ4v) is 1.40. The Balaban J connectivity index is 3.37. The van der Waals surface area contributed by atoms with E-state index in [1.54, 1.807) is 0 Å². The van der Waals surface area contributed by atoms with Gasteiger partial charge in [0.05, 0.1) is 6.10 Å². The Labute approximate surface area is 98.8 Å². The van der Waals surface area contributed by atoms with E-state index in [1.807, 2.05) is 6.92 Å². The molecule has 4 heteroatoms. The first-order chi connectivity index (χ1) is 7.56. The number of nitrogens with one attached hydrogen (secondary N) is 2. The molecule has 0 aliphatic rings. The van der Waals surface area contributed by atoms with Crippen LogP contribution in [0, 0.1) is 0 Å². The van der Waals surface area contributed by atoms with Gasteiger partial charge in [-0.2, -0.15) is 0 Å². The number of carbonyl (C=O) groups excluding carboxylic acids is 1. The number of hydrogen-bond donors (Lipinski definition) is 3. The topological polar surface area (TPSA) is 61.4 Å². The Bertz CT molecular complexity index is 184. The van der Waals surface area contributed by atoms with Gasteiger partial charge in [0, 0.05) is 19.0 Å². The van der Waals surface area contributed by atoms with E-state index in [-0.39, 0.29) is 5.91 Å². The molecule has 0 fully saturated rings. The van der Waals surface area contributed by atoms with Gasteiger partial charge in [0.15, 0.2) is 0 Å². The Morgan fingerprint density at radius 1 is 1.38 bits per heavy atom. The summed E-state index contributed by atoms with van der Waals surface area (Å²) in [6.07, 6.45) is 2.65. The van der Waals surface area contributed by atoms with E-state index in [9.17, 15) is 9.90 Å². The number of aliphatic hydroxyl groups is 1. The van der Waals surface area contributed by atoms with Crippen molar-refractivity contribution in [2.24, 2.45) is 0 Å². The van der Waals surface area contributed by atoms with Crippen LogP contribution in [-0.2, 0) is 4.79 Å². The van der Waals surface area contributed by atoms with Crippen molar-refractivity contribution in [3.63, 3.8) is 0 Å². The van der Waals surface area contributed by atoms with Gasteiger partial charge in [0.25, 0.3) is 0 Å². The van der Waals surface area contributed by atoms with Gasteiger partial charge in [-0.15, -0.1) is 0 Å². The molecule has 0 bridgehead atoms. The minimum Gasteiger partial charge on any atom is -0.391 e. The van der Waals surface area contributed by atoms with E-state index < -0.39 is 6.10 Å². The molecule has 0 aliphatic heterocycles. The molecule has 96 valence electrons. The molecule has 3 N–H and O–H groups in total. The molecule has 1 atom stereocenters. The Morgan fingerprint density at radius 3 is 2.62 bits per heavy atom. The maximum Gasteiger partial charge on any atom is 0.220 e. The average Bonchev–Trinajstić information content (AvgIpc) is 2.22. The Kier molecular flexibility index (Phi) is 9.24. The summed E-state index contributed by atoms with van der Waals surface area (Å²) in [6, 6.07) is 0.467. The highest BCUT2D eigenvalue weighted by Crippen LogP contribution is 1.95. The van der Waals surface area contributed by atoms with E-state index in [4.69, 9.17) is 0 Å². The fraction of sp³-hybridized carbons (Fsp3) is 0.917. The predicted octanol–water partition coefficient (Wildman–Crippen LogP) is 1.04. The third-order valence-corrected chi connectivity index (χ3v) is 2.29. The molecule has 0 aliphatic carbocycles. The van der Waals surface area contributed by atoms with E-state index in [0.29, 0.717) is 19.0 Å². The lowest BCUT2D eigenvalue weighted by Gasteiger charge is -2.11. The zero-order chi connectivity index (χ0) is 12.4. The van der Waals surface area contributed by atoms with Crippen LogP contribution in [0.25, 0.3) is 0 Å². The smallest absolute Gasteiger partial charge is 0.220 e. The quantitative estimate of drug-likeness (QED) is 0.519. The van der Waals surface area contributed by atoms with Crippen LogP contribution in [0.4, 0.5) is 0 Å². The molecule has 0 spiro atoms. The molecular formula is C12H26N2O2. The van der Waals surface area contributed by atoms with Crippen molar-refractivity contribution in [1.82, 2.24) is 10.6 Å². The summed E-state index contributed by atoms with van der Waals surface area (Å²) in [5.74, 6) is 0.0284. The lowest BCUT2D eigenvalue weighted by atomic mass is 10.2. The standard InChI is InChI=1S/C12H26N2O2/c1-4-6-11(15)9-14-12(16)7-5-8-13-10(2)3/h10-11,13,15H,4-9H2,1-3H3,(H,14,16). The molecule has 0 radical (unpaired) electrons. The summed E-state index contributed by atoms with van der Waals surface area (Å²) in [4.78, 5) is 11.3. The minimum absolute atomic E-state index is 0.0284. The highest BCUT2D eigenvalue weighted by atomic mass is 16.3. The van der Waals surface area contributed by atoms with E-state index in [0.717, 1.165) is 25.8 Å². The number of hydrogen-bond acceptors (Lipinski definition) is 3. The van der Waals surface area contributed by atoms with E-state index in [2.05, 4.69) is 24.5 Å². The second-order valence-corrected chi connectivity index (χ2v) is 4.46. The summed E-state index contributed by atoms with van der Waals surface area (Å²) in [6.45, 7) is 7.43. The molecule has 0 heterocycles. The third kappa shape index (κ3) is 9.93. The van der Waals surface area contributed by atoms with Gasteiger partial charge in [-0.25, -0.2) is 0 Å². The number of rotatable bonds is 9. The van der Waals surface area contributed by atoms with Crippen LogP contribution >= 0.6 is 0 Å². The second kappa shape index (κ2) is 9.60. The molecule has 16 heavy (non-hydrogen) atoms. The summed E-state index contributed by atoms with van der Waals surface area (Å²) < 4.78 is 0. The highest BCUT2D eigenvalue weighted by Gasteiger charge is 2.05. The normalized spacial score (nSPS) is 12.8. The number of aliphatic hydroxyl groups excluding tert-OH is 1. The number of carbonyl (C=O) groups is 1. The van der Waals surface area contributed by atoms with Crippen LogP contribution < -0.4 is 10.6 Å². The van der Waals surface area contributed by atoms with E-state index >= 15 is 0 Å². The molecule has 0 saturated carbocycles. The summed E-state index contributed by atoms with van der Waals surface area (Å²) >= 11 is 0. The van der Waals surface area contributed by atoms with Crippen molar-refractivity contribution in [2.75, 3.05) is 13.1 Å². The van der Waals surface area contributed by atoms with Crippen LogP contribution in [0.5, 0.6) is 0 Å². The first kappa shape index (κ1) is 15.4. The Morgan fingerprint density at radius 2 is 2.06 bits per heavy atom. The van der Waals surface area contributed by atoms with Crippen molar-refractivity contribution in [2.45, 2.75) is 58.6 Å². The van der Waals surface area contributed by atoms with Crippen molar-refractivity contribution in [3.05, 3.63) is 0 Å². The van der Waals surface area contributed by atoms with Crippen LogP contribution in [0.3, 0.4) is 0 Å². The van der Waals surface area contributed by atoms with Gasteiger partial charge >= 0.3 is 0 Å². The average molecular weight is 230 g/mol. The lowest BCUT2D eigenvalue weighted by Crippen LogP contribution is -2.32. The third-order valence-electron chi connectivity index (χ3n) is 2.29. The van der Waals surface area contributed by atoms with Gasteiger partial charge in [-0.05, 0) is 19.4 Å². The van der Waals surface area contributed by atoms with Crippen LogP contribution in [-0.4, -0.2) is 36.2 Å². The summed E-state index contributed by atoms with van der Waals surface area (Å²) in [7, 11) is 0. The van der Waals surface area contributed by atoms with Gasteiger partial charge in [0.1, 0.15) is 0 Å². The van der Waals surface area contributed by atoms with E-state index in [1.165, 1.54) is 0 Å². The zero-order valence-electron chi connectivity index (χ0n) is 10.8. The van der Waals surface area contributed by atoms with Crippen molar-refractivity contribution < 1.29 is 9.90 Å². The minimum atomic E-state index is -0.400. The molecule has 1 unspecified atom stereocenters. The molecule has 1 amide bonds. The molecule has 0 aromatic carbocycles. The second-order valence-electron chi connectivity index (χ2n) is 4.46. The maximum absolute atomic E-state index is 11.3. The first-order valence-electron chi connectivity index (χ1n) is 6.24.